The van der Waals surface area contributed by atoms with Crippen LogP contribution in [0, 0.1) is 0 Å². The van der Waals surface area contributed by atoms with Crippen LogP contribution >= 0.6 is 0 Å². The Bertz CT molecular complexity index is 119. The van der Waals surface area contributed by atoms with Gasteiger partial charge in [0.2, 0.25) is 0 Å². The number of rotatable bonds is 0. The van der Waals surface area contributed by atoms with Crippen LogP contribution < -0.4 is 0 Å². The molecule has 0 saturated carbocycles. The van der Waals surface area contributed by atoms with E-state index in [0.717, 1.165) is 13.0 Å². The summed E-state index contributed by atoms with van der Waals surface area (Å²) in [5.74, 6) is 0. The molecule has 1 rings (SSSR count). The van der Waals surface area contributed by atoms with Gasteiger partial charge in [0.1, 0.15) is 0 Å². The van der Waals surface area contributed by atoms with Gasteiger partial charge in [-0.1, -0.05) is 6.42 Å². The Morgan fingerprint density at radius 1 is 1.36 bits per heavy atom. The van der Waals surface area contributed by atoms with E-state index in [1.54, 1.807) is 0 Å². The second kappa shape index (κ2) is 4.04. The maximum absolute atomic E-state index is 9.44. The average Bonchev–Trinajstić information content (AvgIpc) is 1.95. The van der Waals surface area contributed by atoms with Crippen molar-refractivity contribution >= 4 is 0 Å². The van der Waals surface area contributed by atoms with Gasteiger partial charge in [-0.2, -0.15) is 5.06 Å². The monoisotopic (exact) mass is 158 g/mol. The molecule has 0 bridgehead atoms. The first kappa shape index (κ1) is 8.97. The molecule has 1 aliphatic rings. The summed E-state index contributed by atoms with van der Waals surface area (Å²) >= 11 is 0. The van der Waals surface area contributed by atoms with Gasteiger partial charge in [-0.05, 0) is 33.4 Å². The molecule has 0 amide bonds. The molecule has 1 unspecified atom stereocenters. The van der Waals surface area contributed by atoms with Crippen LogP contribution in [0.4, 0.5) is 0 Å². The van der Waals surface area contributed by atoms with Crippen LogP contribution in [0.25, 0.3) is 0 Å². The lowest BCUT2D eigenvalue weighted by Gasteiger charge is -2.30. The van der Waals surface area contributed by atoms with Crippen molar-refractivity contribution in [3.05, 3.63) is 0 Å². The Labute approximate surface area is 68.6 Å². The molecule has 0 aromatic rings. The molecule has 1 N–H and O–H groups in total. The van der Waals surface area contributed by atoms with Crippen molar-refractivity contribution in [3.63, 3.8) is 0 Å². The van der Waals surface area contributed by atoms with Crippen molar-refractivity contribution in [2.24, 2.45) is 0 Å². The molecule has 66 valence electrons. The molecule has 1 heterocycles. The third kappa shape index (κ3) is 2.77. The molecule has 1 fully saturated rings. The first-order valence-corrected chi connectivity index (χ1v) is 4.34. The highest BCUT2D eigenvalue weighted by molar-refractivity contribution is 4.63. The highest BCUT2D eigenvalue weighted by Gasteiger charge is 2.15. The van der Waals surface area contributed by atoms with Crippen molar-refractivity contribution in [1.29, 1.82) is 0 Å². The summed E-state index contributed by atoms with van der Waals surface area (Å²) in [6.07, 6.45) is 3.60. The van der Waals surface area contributed by atoms with E-state index in [-0.39, 0.29) is 0 Å². The summed E-state index contributed by atoms with van der Waals surface area (Å²) in [5.41, 5.74) is 0. The van der Waals surface area contributed by atoms with E-state index in [9.17, 15) is 5.21 Å². The Kier molecular flexibility index (Phi) is 3.30. The van der Waals surface area contributed by atoms with Crippen LogP contribution in [0.2, 0.25) is 0 Å². The topological polar surface area (TPSA) is 26.7 Å². The van der Waals surface area contributed by atoms with E-state index >= 15 is 0 Å². The highest BCUT2D eigenvalue weighted by atomic mass is 16.5. The number of hydroxylamine groups is 2. The Balaban J connectivity index is 2.38. The third-order valence-electron chi connectivity index (χ3n) is 2.31. The molecule has 1 atom stereocenters. The molecule has 0 aliphatic carbocycles. The fraction of sp³-hybridized carbons (Fsp3) is 1.00. The lowest BCUT2D eigenvalue weighted by Crippen LogP contribution is -2.40. The zero-order valence-corrected chi connectivity index (χ0v) is 7.45. The summed E-state index contributed by atoms with van der Waals surface area (Å²) in [5, 5.41) is 10.9. The molecule has 3 nitrogen and oxygen atoms in total. The minimum atomic E-state index is 0.317. The molecular formula is C8H18N2O. The van der Waals surface area contributed by atoms with Crippen molar-refractivity contribution in [2.45, 2.75) is 32.2 Å². The zero-order valence-electron chi connectivity index (χ0n) is 7.45. The maximum Gasteiger partial charge on any atom is 0.0754 e. The van der Waals surface area contributed by atoms with Crippen LogP contribution in [0.15, 0.2) is 0 Å². The maximum atomic E-state index is 9.44. The standard InChI is InChI=1S/C8H18N2O/c1-8-5-3-4-6-9(2)7-10(8)11/h8,11H,3-7H2,1-2H3. The third-order valence-corrected chi connectivity index (χ3v) is 2.31. The minimum Gasteiger partial charge on any atom is -0.312 e. The number of hydrogen-bond donors (Lipinski definition) is 1. The summed E-state index contributed by atoms with van der Waals surface area (Å²) in [7, 11) is 2.04. The van der Waals surface area contributed by atoms with Crippen molar-refractivity contribution in [1.82, 2.24) is 9.96 Å². The first-order chi connectivity index (χ1) is 5.20. The SMILES string of the molecule is CC1CCCCN(C)CN1O. The van der Waals surface area contributed by atoms with Gasteiger partial charge in [0, 0.05) is 6.04 Å². The van der Waals surface area contributed by atoms with Crippen LogP contribution in [0.1, 0.15) is 26.2 Å². The minimum absolute atomic E-state index is 0.317. The number of nitrogens with zero attached hydrogens (tertiary/aromatic N) is 2. The van der Waals surface area contributed by atoms with E-state index in [0.29, 0.717) is 12.7 Å². The lowest BCUT2D eigenvalue weighted by molar-refractivity contribution is -0.154. The first-order valence-electron chi connectivity index (χ1n) is 4.34. The second-order valence-electron chi connectivity index (χ2n) is 3.51. The largest absolute Gasteiger partial charge is 0.312 e. The van der Waals surface area contributed by atoms with Crippen LogP contribution in [-0.4, -0.2) is 41.5 Å². The van der Waals surface area contributed by atoms with Gasteiger partial charge >= 0.3 is 0 Å². The molecule has 0 radical (unpaired) electrons. The summed E-state index contributed by atoms with van der Waals surface area (Å²) in [4.78, 5) is 2.15. The number of hydrogen-bond acceptors (Lipinski definition) is 3. The summed E-state index contributed by atoms with van der Waals surface area (Å²) in [6.45, 7) is 3.85. The highest BCUT2D eigenvalue weighted by Crippen LogP contribution is 2.10. The fourth-order valence-corrected chi connectivity index (χ4v) is 1.43. The van der Waals surface area contributed by atoms with E-state index in [1.807, 2.05) is 7.05 Å². The van der Waals surface area contributed by atoms with E-state index in [4.69, 9.17) is 0 Å². The molecule has 3 heteroatoms. The van der Waals surface area contributed by atoms with Gasteiger partial charge < -0.3 is 5.21 Å². The van der Waals surface area contributed by atoms with Crippen LogP contribution in [0.3, 0.4) is 0 Å². The summed E-state index contributed by atoms with van der Waals surface area (Å²) < 4.78 is 0. The van der Waals surface area contributed by atoms with Crippen LogP contribution in [0.5, 0.6) is 0 Å². The van der Waals surface area contributed by atoms with Crippen molar-refractivity contribution in [2.75, 3.05) is 20.3 Å². The predicted molar refractivity (Wildman–Crippen MR) is 44.4 cm³/mol. The Morgan fingerprint density at radius 3 is 2.82 bits per heavy atom. The normalized spacial score (nSPS) is 31.4. The van der Waals surface area contributed by atoms with Crippen molar-refractivity contribution < 1.29 is 5.21 Å². The smallest absolute Gasteiger partial charge is 0.0754 e. The molecular weight excluding hydrogens is 140 g/mol. The molecule has 1 saturated heterocycles. The Morgan fingerprint density at radius 2 is 2.09 bits per heavy atom. The van der Waals surface area contributed by atoms with Crippen molar-refractivity contribution in [3.8, 4) is 0 Å². The van der Waals surface area contributed by atoms with E-state index in [2.05, 4.69) is 11.8 Å². The van der Waals surface area contributed by atoms with Gasteiger partial charge in [-0.25, -0.2) is 0 Å². The van der Waals surface area contributed by atoms with Gasteiger partial charge in [0.05, 0.1) is 6.67 Å². The van der Waals surface area contributed by atoms with E-state index < -0.39 is 0 Å². The predicted octanol–water partition coefficient (Wildman–Crippen LogP) is 1.14. The Hall–Kier alpha value is -0.120. The molecule has 1 aliphatic heterocycles. The fourth-order valence-electron chi connectivity index (χ4n) is 1.43. The zero-order chi connectivity index (χ0) is 8.27. The van der Waals surface area contributed by atoms with Crippen LogP contribution in [-0.2, 0) is 0 Å². The van der Waals surface area contributed by atoms with Gasteiger partial charge in [0.25, 0.3) is 0 Å². The van der Waals surface area contributed by atoms with Gasteiger partial charge in [0.15, 0.2) is 0 Å². The van der Waals surface area contributed by atoms with Gasteiger partial charge in [-0.3, -0.25) is 4.90 Å². The molecule has 0 spiro atoms. The molecule has 0 aromatic carbocycles. The second-order valence-corrected chi connectivity index (χ2v) is 3.51. The quantitative estimate of drug-likeness (QED) is 0.572. The molecule has 0 aromatic heterocycles. The summed E-state index contributed by atoms with van der Waals surface area (Å²) in [6, 6.07) is 0.317. The van der Waals surface area contributed by atoms with E-state index in [1.165, 1.54) is 17.9 Å². The average molecular weight is 158 g/mol. The lowest BCUT2D eigenvalue weighted by atomic mass is 10.1. The van der Waals surface area contributed by atoms with Gasteiger partial charge in [-0.15, -0.1) is 0 Å². The molecule has 11 heavy (non-hydrogen) atoms.